The molecule has 3 rings (SSSR count). The second kappa shape index (κ2) is 7.16. The van der Waals surface area contributed by atoms with E-state index in [1.54, 1.807) is 6.08 Å². The van der Waals surface area contributed by atoms with Crippen LogP contribution in [0.25, 0.3) is 10.8 Å². The SMILES string of the molecule is C=CCOc1ccc2c(F)c(C3CCC(CC)CC3)ccc2c1. The fourth-order valence-corrected chi connectivity index (χ4v) is 3.73. The van der Waals surface area contributed by atoms with Gasteiger partial charge in [0, 0.05) is 5.39 Å². The quantitative estimate of drug-likeness (QED) is 0.595. The third kappa shape index (κ3) is 3.41. The Morgan fingerprint density at radius 1 is 1.17 bits per heavy atom. The molecule has 1 fully saturated rings. The molecule has 0 aliphatic heterocycles. The number of hydrogen-bond donors (Lipinski definition) is 0. The molecule has 1 saturated carbocycles. The Balaban J connectivity index is 1.85. The van der Waals surface area contributed by atoms with E-state index in [0.717, 1.165) is 35.5 Å². The maximum atomic E-state index is 15.0. The molecule has 2 aromatic carbocycles. The zero-order valence-corrected chi connectivity index (χ0v) is 13.9. The van der Waals surface area contributed by atoms with Crippen molar-refractivity contribution in [3.05, 3.63) is 54.4 Å². The van der Waals surface area contributed by atoms with Gasteiger partial charge in [-0.2, -0.15) is 0 Å². The Morgan fingerprint density at radius 2 is 1.96 bits per heavy atom. The van der Waals surface area contributed by atoms with Crippen LogP contribution in [0.3, 0.4) is 0 Å². The number of rotatable bonds is 5. The summed E-state index contributed by atoms with van der Waals surface area (Å²) >= 11 is 0. The van der Waals surface area contributed by atoms with Crippen molar-refractivity contribution in [1.82, 2.24) is 0 Å². The fraction of sp³-hybridized carbons (Fsp3) is 0.429. The van der Waals surface area contributed by atoms with Gasteiger partial charge in [-0.05, 0) is 66.7 Å². The number of hydrogen-bond acceptors (Lipinski definition) is 1. The summed E-state index contributed by atoms with van der Waals surface area (Å²) in [4.78, 5) is 0. The van der Waals surface area contributed by atoms with Crippen LogP contribution in [0.4, 0.5) is 4.39 Å². The van der Waals surface area contributed by atoms with Crippen LogP contribution in [-0.2, 0) is 0 Å². The molecule has 0 unspecified atom stereocenters. The first-order valence-electron chi connectivity index (χ1n) is 8.68. The monoisotopic (exact) mass is 312 g/mol. The van der Waals surface area contributed by atoms with E-state index in [0.29, 0.717) is 17.9 Å². The molecule has 1 aliphatic carbocycles. The van der Waals surface area contributed by atoms with Crippen molar-refractivity contribution in [2.45, 2.75) is 44.9 Å². The van der Waals surface area contributed by atoms with E-state index in [2.05, 4.69) is 13.5 Å². The number of ether oxygens (including phenoxy) is 1. The highest BCUT2D eigenvalue weighted by Gasteiger charge is 2.24. The van der Waals surface area contributed by atoms with Crippen molar-refractivity contribution in [2.75, 3.05) is 6.61 Å². The third-order valence-electron chi connectivity index (χ3n) is 5.19. The third-order valence-corrected chi connectivity index (χ3v) is 5.19. The zero-order chi connectivity index (χ0) is 16.2. The van der Waals surface area contributed by atoms with Crippen molar-refractivity contribution in [2.24, 2.45) is 5.92 Å². The van der Waals surface area contributed by atoms with Gasteiger partial charge in [-0.15, -0.1) is 0 Å². The van der Waals surface area contributed by atoms with Crippen molar-refractivity contribution in [3.8, 4) is 5.75 Å². The van der Waals surface area contributed by atoms with E-state index < -0.39 is 0 Å². The summed E-state index contributed by atoms with van der Waals surface area (Å²) in [5.41, 5.74) is 0.895. The van der Waals surface area contributed by atoms with Crippen molar-refractivity contribution in [1.29, 1.82) is 0 Å². The molecule has 122 valence electrons. The second-order valence-corrected chi connectivity index (χ2v) is 6.58. The summed E-state index contributed by atoms with van der Waals surface area (Å²) in [5, 5.41) is 1.60. The van der Waals surface area contributed by atoms with Gasteiger partial charge in [-0.1, -0.05) is 38.1 Å². The topological polar surface area (TPSA) is 9.23 Å². The second-order valence-electron chi connectivity index (χ2n) is 6.58. The van der Waals surface area contributed by atoms with Gasteiger partial charge in [-0.3, -0.25) is 0 Å². The van der Waals surface area contributed by atoms with E-state index in [9.17, 15) is 4.39 Å². The van der Waals surface area contributed by atoms with Gasteiger partial charge < -0.3 is 4.74 Å². The molecule has 0 heterocycles. The minimum absolute atomic E-state index is 0.0438. The standard InChI is InChI=1S/C21H25FO/c1-3-13-23-18-10-12-20-17(14-18)9-11-19(21(20)22)16-7-5-15(4-2)6-8-16/h3,9-12,14-16H,1,4-8,13H2,2H3. The Bertz CT molecular complexity index is 684. The van der Waals surface area contributed by atoms with Crippen LogP contribution in [-0.4, -0.2) is 6.61 Å². The van der Waals surface area contributed by atoms with Crippen molar-refractivity contribution >= 4 is 10.8 Å². The van der Waals surface area contributed by atoms with Crippen LogP contribution in [0.1, 0.15) is 50.5 Å². The van der Waals surface area contributed by atoms with Gasteiger partial charge in [0.1, 0.15) is 18.2 Å². The maximum Gasteiger partial charge on any atom is 0.134 e. The van der Waals surface area contributed by atoms with E-state index in [1.807, 2.05) is 30.3 Å². The molecular formula is C21H25FO. The first-order valence-corrected chi connectivity index (χ1v) is 8.68. The molecule has 0 spiro atoms. The van der Waals surface area contributed by atoms with E-state index in [-0.39, 0.29) is 5.82 Å². The highest BCUT2D eigenvalue weighted by Crippen LogP contribution is 2.39. The molecule has 0 bridgehead atoms. The minimum Gasteiger partial charge on any atom is -0.490 e. The van der Waals surface area contributed by atoms with Crippen molar-refractivity contribution < 1.29 is 9.13 Å². The Kier molecular flexibility index (Phi) is 5.00. The normalized spacial score (nSPS) is 21.3. The molecule has 1 nitrogen and oxygen atoms in total. The molecule has 23 heavy (non-hydrogen) atoms. The van der Waals surface area contributed by atoms with Gasteiger partial charge in [0.15, 0.2) is 0 Å². The molecule has 1 aliphatic rings. The van der Waals surface area contributed by atoms with Crippen LogP contribution in [0.2, 0.25) is 0 Å². The predicted octanol–water partition coefficient (Wildman–Crippen LogP) is 6.23. The van der Waals surface area contributed by atoms with Crippen molar-refractivity contribution in [3.63, 3.8) is 0 Å². The van der Waals surface area contributed by atoms with Gasteiger partial charge in [0.05, 0.1) is 0 Å². The maximum absolute atomic E-state index is 15.0. The van der Waals surface area contributed by atoms with Gasteiger partial charge in [-0.25, -0.2) is 4.39 Å². The van der Waals surface area contributed by atoms with Crippen LogP contribution in [0.15, 0.2) is 43.0 Å². The minimum atomic E-state index is -0.0438. The molecule has 0 aromatic heterocycles. The van der Waals surface area contributed by atoms with Gasteiger partial charge in [0.2, 0.25) is 0 Å². The molecule has 0 radical (unpaired) electrons. The molecule has 2 aromatic rings. The molecular weight excluding hydrogens is 287 g/mol. The van der Waals surface area contributed by atoms with Crippen LogP contribution < -0.4 is 4.74 Å². The van der Waals surface area contributed by atoms with E-state index in [4.69, 9.17) is 4.74 Å². The zero-order valence-electron chi connectivity index (χ0n) is 13.9. The lowest BCUT2D eigenvalue weighted by Crippen LogP contribution is -2.13. The Hall–Kier alpha value is -1.83. The lowest BCUT2D eigenvalue weighted by atomic mass is 9.77. The number of benzene rings is 2. The first-order chi connectivity index (χ1) is 11.2. The average molecular weight is 312 g/mol. The van der Waals surface area contributed by atoms with Gasteiger partial charge in [0.25, 0.3) is 0 Å². The Morgan fingerprint density at radius 3 is 2.65 bits per heavy atom. The molecule has 0 amide bonds. The summed E-state index contributed by atoms with van der Waals surface area (Å²) < 4.78 is 20.5. The van der Waals surface area contributed by atoms with E-state index >= 15 is 0 Å². The Labute approximate surface area is 138 Å². The van der Waals surface area contributed by atoms with Gasteiger partial charge >= 0.3 is 0 Å². The summed E-state index contributed by atoms with van der Waals surface area (Å²) in [6, 6.07) is 9.59. The first kappa shape index (κ1) is 16.0. The van der Waals surface area contributed by atoms with E-state index in [1.165, 1.54) is 19.3 Å². The highest BCUT2D eigenvalue weighted by atomic mass is 19.1. The van der Waals surface area contributed by atoms with Crippen LogP contribution >= 0.6 is 0 Å². The lowest BCUT2D eigenvalue weighted by Gasteiger charge is -2.28. The largest absolute Gasteiger partial charge is 0.490 e. The fourth-order valence-electron chi connectivity index (χ4n) is 3.73. The summed E-state index contributed by atoms with van der Waals surface area (Å²) in [7, 11) is 0. The predicted molar refractivity (Wildman–Crippen MR) is 94.6 cm³/mol. The average Bonchev–Trinajstić information content (AvgIpc) is 2.60. The highest BCUT2D eigenvalue weighted by molar-refractivity contribution is 5.85. The number of fused-ring (bicyclic) bond motifs is 1. The molecule has 2 heteroatoms. The molecule has 0 atom stereocenters. The lowest BCUT2D eigenvalue weighted by molar-refractivity contribution is 0.315. The smallest absolute Gasteiger partial charge is 0.134 e. The summed E-state index contributed by atoms with van der Waals surface area (Å²) in [6.45, 7) is 6.36. The molecule has 0 saturated heterocycles. The molecule has 0 N–H and O–H groups in total. The number of halogens is 1. The summed E-state index contributed by atoms with van der Waals surface area (Å²) in [6.07, 6.45) is 7.64. The summed E-state index contributed by atoms with van der Waals surface area (Å²) in [5.74, 6) is 1.92. The van der Waals surface area contributed by atoms with Crippen LogP contribution in [0, 0.1) is 11.7 Å². The van der Waals surface area contributed by atoms with Crippen LogP contribution in [0.5, 0.6) is 5.75 Å².